The molecule has 7 nitrogen and oxygen atoms in total. The summed E-state index contributed by atoms with van der Waals surface area (Å²) in [6.07, 6.45) is 1.71. The minimum absolute atomic E-state index is 0.194. The number of imidazole rings is 1. The summed E-state index contributed by atoms with van der Waals surface area (Å²) in [6.45, 7) is 1.76. The molecule has 0 saturated heterocycles. The van der Waals surface area contributed by atoms with Gasteiger partial charge in [0.05, 0.1) is 28.2 Å². The van der Waals surface area contributed by atoms with Gasteiger partial charge in [0.25, 0.3) is 5.91 Å². The number of carbonyl (C=O) groups is 1. The Balaban J connectivity index is 1.54. The second-order valence-electron chi connectivity index (χ2n) is 7.51. The number of anilines is 1. The number of carbonyl (C=O) groups excluding carboxylic acids is 1. The van der Waals surface area contributed by atoms with Crippen LogP contribution in [0.5, 0.6) is 11.5 Å². The highest BCUT2D eigenvalue weighted by Gasteiger charge is 2.15. The van der Waals surface area contributed by atoms with Crippen molar-refractivity contribution in [2.24, 2.45) is 0 Å². The van der Waals surface area contributed by atoms with Crippen molar-refractivity contribution in [3.05, 3.63) is 82.1 Å². The van der Waals surface area contributed by atoms with Gasteiger partial charge in [-0.3, -0.25) is 4.79 Å². The Morgan fingerprint density at radius 2 is 2.03 bits per heavy atom. The number of aryl methyl sites for hydroxylation is 1. The molecule has 4 rings (SSSR count). The molecule has 3 aromatic carbocycles. The topological polar surface area (TPSA) is 100 Å². The number of hydrogen-bond donors (Lipinski definition) is 2. The Labute approximate surface area is 205 Å². The molecule has 0 aliphatic carbocycles. The molecule has 1 aromatic heterocycles. The lowest BCUT2D eigenvalue weighted by Crippen LogP contribution is -2.20. The minimum atomic E-state index is -0.292. The SMILES string of the molecule is COc1cc(/C=C(\C#N)c2nc3ccccc3[nH]2)cc(Br)c1OCC(=O)Nc1cccc(C)c1. The predicted octanol–water partition coefficient (Wildman–Crippen LogP) is 5.72. The summed E-state index contributed by atoms with van der Waals surface area (Å²) in [6, 6.07) is 20.8. The first-order chi connectivity index (χ1) is 16.5. The van der Waals surface area contributed by atoms with Crippen LogP contribution in [0.1, 0.15) is 17.0 Å². The number of aromatic nitrogens is 2. The van der Waals surface area contributed by atoms with Gasteiger partial charge in [0.2, 0.25) is 0 Å². The minimum Gasteiger partial charge on any atom is -0.493 e. The Kier molecular flexibility index (Phi) is 6.95. The first-order valence-electron chi connectivity index (χ1n) is 10.4. The highest BCUT2D eigenvalue weighted by molar-refractivity contribution is 9.10. The number of nitrogens with one attached hydrogen (secondary N) is 2. The van der Waals surface area contributed by atoms with Crippen molar-refractivity contribution in [1.82, 2.24) is 9.97 Å². The van der Waals surface area contributed by atoms with E-state index >= 15 is 0 Å². The van der Waals surface area contributed by atoms with E-state index in [4.69, 9.17) is 9.47 Å². The molecule has 0 unspecified atom stereocenters. The number of nitrogens with zero attached hydrogens (tertiary/aromatic N) is 2. The van der Waals surface area contributed by atoms with E-state index in [1.807, 2.05) is 55.5 Å². The summed E-state index contributed by atoms with van der Waals surface area (Å²) in [5, 5.41) is 12.5. The van der Waals surface area contributed by atoms with Crippen LogP contribution in [0.2, 0.25) is 0 Å². The third-order valence-corrected chi connectivity index (χ3v) is 5.57. The quantitative estimate of drug-likeness (QED) is 0.305. The number of aromatic amines is 1. The van der Waals surface area contributed by atoms with E-state index in [0.717, 1.165) is 16.6 Å². The maximum Gasteiger partial charge on any atom is 0.262 e. The number of halogens is 1. The molecule has 0 aliphatic rings. The number of fused-ring (bicyclic) bond motifs is 1. The number of rotatable bonds is 7. The molecule has 4 aromatic rings. The predicted molar refractivity (Wildman–Crippen MR) is 136 cm³/mol. The third kappa shape index (κ3) is 5.27. The fourth-order valence-electron chi connectivity index (χ4n) is 3.42. The first-order valence-corrected chi connectivity index (χ1v) is 11.2. The highest BCUT2D eigenvalue weighted by Crippen LogP contribution is 2.37. The third-order valence-electron chi connectivity index (χ3n) is 4.98. The zero-order valence-corrected chi connectivity index (χ0v) is 20.1. The lowest BCUT2D eigenvalue weighted by Gasteiger charge is -2.14. The van der Waals surface area contributed by atoms with Crippen molar-refractivity contribution >= 4 is 50.2 Å². The standard InChI is InChI=1S/C26H21BrN4O3/c1-16-6-5-7-19(10-16)29-24(32)15-34-25-20(27)12-17(13-23(25)33-2)11-18(14-28)26-30-21-8-3-4-9-22(21)31-26/h3-13H,15H2,1-2H3,(H,29,32)(H,30,31)/b18-11+. The Morgan fingerprint density at radius 1 is 1.21 bits per heavy atom. The Morgan fingerprint density at radius 3 is 2.76 bits per heavy atom. The number of amides is 1. The second-order valence-corrected chi connectivity index (χ2v) is 8.37. The van der Waals surface area contributed by atoms with E-state index in [1.165, 1.54) is 7.11 Å². The zero-order valence-electron chi connectivity index (χ0n) is 18.6. The number of nitriles is 1. The number of benzene rings is 3. The van der Waals surface area contributed by atoms with Gasteiger partial charge < -0.3 is 19.8 Å². The Bertz CT molecular complexity index is 1400. The van der Waals surface area contributed by atoms with Crippen LogP contribution in [-0.2, 0) is 4.79 Å². The average molecular weight is 517 g/mol. The van der Waals surface area contributed by atoms with E-state index in [2.05, 4.69) is 37.3 Å². The van der Waals surface area contributed by atoms with E-state index in [0.29, 0.717) is 38.6 Å². The normalized spacial score (nSPS) is 11.2. The molecule has 170 valence electrons. The van der Waals surface area contributed by atoms with Crippen LogP contribution >= 0.6 is 15.9 Å². The molecular formula is C26H21BrN4O3. The maximum absolute atomic E-state index is 12.3. The molecule has 1 heterocycles. The molecule has 8 heteroatoms. The monoisotopic (exact) mass is 516 g/mol. The van der Waals surface area contributed by atoms with E-state index in [1.54, 1.807) is 18.2 Å². The molecule has 0 fully saturated rings. The molecule has 2 N–H and O–H groups in total. The second kappa shape index (κ2) is 10.2. The van der Waals surface area contributed by atoms with Crippen molar-refractivity contribution in [1.29, 1.82) is 5.26 Å². The number of allylic oxidation sites excluding steroid dienone is 1. The lowest BCUT2D eigenvalue weighted by molar-refractivity contribution is -0.118. The number of hydrogen-bond acceptors (Lipinski definition) is 5. The smallest absolute Gasteiger partial charge is 0.262 e. The molecule has 0 atom stereocenters. The van der Waals surface area contributed by atoms with Gasteiger partial charge in [0, 0.05) is 5.69 Å². The van der Waals surface area contributed by atoms with E-state index < -0.39 is 0 Å². The number of methoxy groups -OCH3 is 1. The van der Waals surface area contributed by atoms with E-state index in [9.17, 15) is 10.1 Å². The van der Waals surface area contributed by atoms with Crippen LogP contribution in [0.3, 0.4) is 0 Å². The van der Waals surface area contributed by atoms with Gasteiger partial charge in [-0.15, -0.1) is 0 Å². The molecule has 0 bridgehead atoms. The molecule has 0 aliphatic heterocycles. The van der Waals surface area contributed by atoms with Crippen LogP contribution in [0.25, 0.3) is 22.7 Å². The Hall–Kier alpha value is -4.09. The summed E-state index contributed by atoms with van der Waals surface area (Å²) in [4.78, 5) is 20.0. The van der Waals surface area contributed by atoms with Gasteiger partial charge in [-0.25, -0.2) is 4.98 Å². The summed E-state index contributed by atoms with van der Waals surface area (Å²) < 4.78 is 11.8. The van der Waals surface area contributed by atoms with Gasteiger partial charge in [0.1, 0.15) is 11.9 Å². The summed E-state index contributed by atoms with van der Waals surface area (Å²) >= 11 is 3.49. The molecule has 0 spiro atoms. The number of para-hydroxylation sites is 2. The highest BCUT2D eigenvalue weighted by atomic mass is 79.9. The maximum atomic E-state index is 12.3. The molecule has 0 saturated carbocycles. The largest absolute Gasteiger partial charge is 0.493 e. The van der Waals surface area contributed by atoms with Gasteiger partial charge >= 0.3 is 0 Å². The van der Waals surface area contributed by atoms with Crippen molar-refractivity contribution < 1.29 is 14.3 Å². The van der Waals surface area contributed by atoms with E-state index in [-0.39, 0.29) is 12.5 Å². The molecular weight excluding hydrogens is 496 g/mol. The molecule has 1 amide bonds. The van der Waals surface area contributed by atoms with Crippen LogP contribution < -0.4 is 14.8 Å². The fraction of sp³-hybridized carbons (Fsp3) is 0.115. The first kappa shape index (κ1) is 23.1. The summed E-state index contributed by atoms with van der Waals surface area (Å²) in [5.74, 6) is 0.999. The summed E-state index contributed by atoms with van der Waals surface area (Å²) in [7, 11) is 1.51. The van der Waals surface area contributed by atoms with Gasteiger partial charge in [-0.2, -0.15) is 5.26 Å². The van der Waals surface area contributed by atoms with Crippen molar-refractivity contribution in [3.63, 3.8) is 0 Å². The van der Waals surface area contributed by atoms with Gasteiger partial charge in [0.15, 0.2) is 18.1 Å². The average Bonchev–Trinajstić information content (AvgIpc) is 3.25. The number of ether oxygens (including phenoxy) is 2. The molecule has 0 radical (unpaired) electrons. The summed E-state index contributed by atoms with van der Waals surface area (Å²) in [5.41, 5.74) is 4.46. The lowest BCUT2D eigenvalue weighted by atomic mass is 10.1. The molecule has 34 heavy (non-hydrogen) atoms. The van der Waals surface area contributed by atoms with Crippen LogP contribution in [-0.4, -0.2) is 29.6 Å². The van der Waals surface area contributed by atoms with Crippen molar-refractivity contribution in [2.45, 2.75) is 6.92 Å². The van der Waals surface area contributed by atoms with Crippen molar-refractivity contribution in [3.8, 4) is 17.6 Å². The van der Waals surface area contributed by atoms with Crippen LogP contribution in [0.4, 0.5) is 5.69 Å². The van der Waals surface area contributed by atoms with Crippen molar-refractivity contribution in [2.75, 3.05) is 19.0 Å². The van der Waals surface area contributed by atoms with Gasteiger partial charge in [-0.1, -0.05) is 24.3 Å². The van der Waals surface area contributed by atoms with Crippen LogP contribution in [0.15, 0.2) is 65.1 Å². The number of H-pyrrole nitrogens is 1. The van der Waals surface area contributed by atoms with Gasteiger partial charge in [-0.05, 0) is 76.5 Å². The van der Waals surface area contributed by atoms with Crippen LogP contribution in [0, 0.1) is 18.3 Å². The zero-order chi connectivity index (χ0) is 24.1. The fourth-order valence-corrected chi connectivity index (χ4v) is 4.00.